The second-order valence-corrected chi connectivity index (χ2v) is 13.5. The summed E-state index contributed by atoms with van der Waals surface area (Å²) in [6.07, 6.45) is 2.30. The van der Waals surface area contributed by atoms with Crippen LogP contribution in [-0.4, -0.2) is 35.8 Å². The number of fused-ring (bicyclic) bond motifs is 4. The molecule has 2 saturated heterocycles. The largest absolute Gasteiger partial charge is 0.508 e. The van der Waals surface area contributed by atoms with Crippen LogP contribution in [0, 0.1) is 34.9 Å². The van der Waals surface area contributed by atoms with Gasteiger partial charge in [-0.3, -0.25) is 24.1 Å². The van der Waals surface area contributed by atoms with Crippen molar-refractivity contribution in [2.24, 2.45) is 29.1 Å². The van der Waals surface area contributed by atoms with Crippen LogP contribution in [0.3, 0.4) is 0 Å². The van der Waals surface area contributed by atoms with Gasteiger partial charge in [0.25, 0.3) is 0 Å². The highest BCUT2D eigenvalue weighted by molar-refractivity contribution is 9.10. The van der Waals surface area contributed by atoms with Gasteiger partial charge in [0.1, 0.15) is 17.3 Å². The van der Waals surface area contributed by atoms with Gasteiger partial charge in [-0.25, -0.2) is 9.29 Å². The minimum atomic E-state index is -1.39. The molecule has 4 aliphatic rings. The monoisotopic (exact) mass is 692 g/mol. The normalized spacial score (nSPS) is 29.0. The molecule has 4 amide bonds. The zero-order valence-electron chi connectivity index (χ0n) is 24.2. The number of methoxy groups -OCH3 is 1. The lowest BCUT2D eigenvalue weighted by Gasteiger charge is -2.49. The van der Waals surface area contributed by atoms with Crippen molar-refractivity contribution in [3.8, 4) is 11.5 Å². The van der Waals surface area contributed by atoms with Crippen molar-refractivity contribution in [3.05, 3.63) is 93.2 Å². The molecule has 6 atom stereocenters. The van der Waals surface area contributed by atoms with Crippen LogP contribution in [0.4, 0.5) is 15.8 Å². The number of carbonyl (C=O) groups excluding carboxylic acids is 4. The highest BCUT2D eigenvalue weighted by Gasteiger charge is 2.68. The Bertz CT molecular complexity index is 1850. The van der Waals surface area contributed by atoms with E-state index < -0.39 is 52.6 Å². The van der Waals surface area contributed by atoms with Gasteiger partial charge in [-0.2, -0.15) is 0 Å². The molecule has 7 rings (SSSR count). The maximum absolute atomic E-state index is 14.5. The average molecular weight is 694 g/mol. The first kappa shape index (κ1) is 29.7. The average Bonchev–Trinajstić information content (AvgIpc) is 3.39. The van der Waals surface area contributed by atoms with Gasteiger partial charge in [0.15, 0.2) is 0 Å². The topological polar surface area (TPSA) is 104 Å². The molecule has 2 aliphatic carbocycles. The predicted molar refractivity (Wildman–Crippen MR) is 167 cm³/mol. The van der Waals surface area contributed by atoms with Crippen LogP contribution in [0.15, 0.2) is 76.8 Å². The van der Waals surface area contributed by atoms with Crippen LogP contribution in [0.2, 0.25) is 5.02 Å². The molecule has 1 saturated carbocycles. The first-order chi connectivity index (χ1) is 21.5. The van der Waals surface area contributed by atoms with Gasteiger partial charge in [0.2, 0.25) is 23.6 Å². The second-order valence-electron chi connectivity index (χ2n) is 12.2. The Morgan fingerprint density at radius 1 is 0.933 bits per heavy atom. The van der Waals surface area contributed by atoms with Crippen molar-refractivity contribution in [1.82, 2.24) is 0 Å². The fraction of sp³-hybridized carbons (Fsp3) is 0.294. The molecule has 3 aromatic rings. The molecular formula is C34H27BrClFN2O6. The van der Waals surface area contributed by atoms with E-state index in [1.165, 1.54) is 30.2 Å². The maximum atomic E-state index is 14.5. The van der Waals surface area contributed by atoms with Crippen molar-refractivity contribution in [2.75, 3.05) is 16.9 Å². The maximum Gasteiger partial charge on any atom is 0.241 e. The van der Waals surface area contributed by atoms with E-state index in [1.54, 1.807) is 43.3 Å². The third kappa shape index (κ3) is 4.21. The van der Waals surface area contributed by atoms with Gasteiger partial charge in [-0.15, -0.1) is 0 Å². The number of halogens is 3. The number of amides is 4. The lowest BCUT2D eigenvalue weighted by molar-refractivity contribution is -0.131. The molecule has 11 heteroatoms. The van der Waals surface area contributed by atoms with E-state index in [1.807, 2.05) is 6.08 Å². The van der Waals surface area contributed by atoms with Crippen LogP contribution in [0.5, 0.6) is 11.5 Å². The van der Waals surface area contributed by atoms with Gasteiger partial charge >= 0.3 is 0 Å². The van der Waals surface area contributed by atoms with E-state index in [2.05, 4.69) is 15.9 Å². The highest BCUT2D eigenvalue weighted by Crippen LogP contribution is 2.64. The number of rotatable bonds is 4. The first-order valence-electron chi connectivity index (χ1n) is 14.5. The molecule has 0 bridgehead atoms. The lowest BCUT2D eigenvalue weighted by atomic mass is 9.51. The molecule has 2 heterocycles. The van der Waals surface area contributed by atoms with Gasteiger partial charge in [0, 0.05) is 16.0 Å². The molecule has 8 nitrogen and oxygen atoms in total. The lowest BCUT2D eigenvalue weighted by Crippen LogP contribution is -2.48. The van der Waals surface area contributed by atoms with E-state index in [-0.39, 0.29) is 41.1 Å². The second kappa shape index (κ2) is 10.5. The fourth-order valence-electron chi connectivity index (χ4n) is 7.97. The van der Waals surface area contributed by atoms with E-state index in [4.69, 9.17) is 16.3 Å². The number of carbonyl (C=O) groups is 4. The van der Waals surface area contributed by atoms with Crippen LogP contribution >= 0.6 is 27.5 Å². The molecule has 2 aliphatic heterocycles. The Morgan fingerprint density at radius 3 is 2.33 bits per heavy atom. The Balaban J connectivity index is 1.38. The minimum Gasteiger partial charge on any atom is -0.508 e. The smallest absolute Gasteiger partial charge is 0.241 e. The Labute approximate surface area is 271 Å². The zero-order valence-corrected chi connectivity index (χ0v) is 26.5. The molecule has 1 N–H and O–H groups in total. The first-order valence-corrected chi connectivity index (χ1v) is 15.7. The molecule has 0 unspecified atom stereocenters. The molecule has 3 aromatic carbocycles. The third-order valence-corrected chi connectivity index (χ3v) is 10.9. The Hall–Kier alpha value is -4.02. The summed E-state index contributed by atoms with van der Waals surface area (Å²) in [5, 5.41) is 11.0. The summed E-state index contributed by atoms with van der Waals surface area (Å²) in [6, 6.07) is 15.3. The van der Waals surface area contributed by atoms with Crippen molar-refractivity contribution >= 4 is 62.5 Å². The summed E-state index contributed by atoms with van der Waals surface area (Å²) in [5.41, 5.74) is 0.284. The highest BCUT2D eigenvalue weighted by atomic mass is 79.9. The number of phenols is 1. The quantitative estimate of drug-likeness (QED) is 0.251. The van der Waals surface area contributed by atoms with Crippen LogP contribution in [0.1, 0.15) is 31.2 Å². The van der Waals surface area contributed by atoms with E-state index in [0.29, 0.717) is 17.0 Å². The molecule has 3 fully saturated rings. The van der Waals surface area contributed by atoms with Crippen LogP contribution in [-0.2, 0) is 19.2 Å². The summed E-state index contributed by atoms with van der Waals surface area (Å²) in [6.45, 7) is 1.70. The number of benzene rings is 3. The molecule has 230 valence electrons. The van der Waals surface area contributed by atoms with Crippen molar-refractivity contribution < 1.29 is 33.4 Å². The molecule has 0 aromatic heterocycles. The molecule has 45 heavy (non-hydrogen) atoms. The number of nitrogens with zero attached hydrogens (tertiary/aromatic N) is 2. The van der Waals surface area contributed by atoms with E-state index in [9.17, 15) is 28.7 Å². The van der Waals surface area contributed by atoms with E-state index >= 15 is 0 Å². The summed E-state index contributed by atoms with van der Waals surface area (Å²) >= 11 is 9.45. The SMILES string of the molecule is COc1ccc(O)c([C@H]2C3=CC[C@@H]4C(=O)N(c5ccc(Br)cc5)C(=O)[C@@H]4[C@@H]3C[C@H]3C(=O)N(c4ccc(F)c(Cl)c4)C(=O)[C@@]23C)c1. The summed E-state index contributed by atoms with van der Waals surface area (Å²) in [5.74, 6) is -5.80. The predicted octanol–water partition coefficient (Wildman–Crippen LogP) is 6.39. The minimum absolute atomic E-state index is 0.0988. The van der Waals surface area contributed by atoms with E-state index in [0.717, 1.165) is 21.0 Å². The number of aromatic hydroxyl groups is 1. The van der Waals surface area contributed by atoms with Gasteiger partial charge < -0.3 is 9.84 Å². The van der Waals surface area contributed by atoms with Gasteiger partial charge in [-0.1, -0.05) is 39.2 Å². The zero-order chi connectivity index (χ0) is 31.9. The van der Waals surface area contributed by atoms with Crippen molar-refractivity contribution in [3.63, 3.8) is 0 Å². The van der Waals surface area contributed by atoms with Crippen molar-refractivity contribution in [2.45, 2.75) is 25.7 Å². The van der Waals surface area contributed by atoms with Crippen LogP contribution < -0.4 is 14.5 Å². The number of phenolic OH excluding ortho intramolecular Hbond substituents is 1. The number of hydrogen-bond donors (Lipinski definition) is 1. The summed E-state index contributed by atoms with van der Waals surface area (Å²) in [4.78, 5) is 58.9. The number of hydrogen-bond acceptors (Lipinski definition) is 6. The van der Waals surface area contributed by atoms with Crippen molar-refractivity contribution in [1.29, 1.82) is 0 Å². The Kier molecular flexibility index (Phi) is 6.94. The summed E-state index contributed by atoms with van der Waals surface area (Å²) in [7, 11) is 1.48. The standard InChI is InChI=1S/C34H27BrClFN2O6/c1-34-24(31(42)39(33(34)44)18-7-11-26(37)25(36)13-18)15-22-20(29(34)23-14-19(45-2)8-12-27(23)40)9-10-21-28(22)32(43)38(30(21)41)17-5-3-16(35)4-6-17/h3-9,11-14,21-22,24,28-29,40H,10,15H2,1-2H3/t21-,22+,24-,28-,29+,34+/m0/s1. The fourth-order valence-corrected chi connectivity index (χ4v) is 8.40. The van der Waals surface area contributed by atoms with Gasteiger partial charge in [0.05, 0.1) is 46.7 Å². The Morgan fingerprint density at radius 2 is 1.64 bits per heavy atom. The number of anilines is 2. The molecule has 0 radical (unpaired) electrons. The third-order valence-electron chi connectivity index (χ3n) is 10.1. The van der Waals surface area contributed by atoms with Gasteiger partial charge in [-0.05, 0) is 86.3 Å². The molecular weight excluding hydrogens is 667 g/mol. The number of ether oxygens (including phenoxy) is 1. The number of imide groups is 2. The molecule has 0 spiro atoms. The number of allylic oxidation sites excluding steroid dienone is 2. The summed E-state index contributed by atoms with van der Waals surface area (Å²) < 4.78 is 20.4. The van der Waals surface area contributed by atoms with Crippen LogP contribution in [0.25, 0.3) is 0 Å².